The first-order valence-corrected chi connectivity index (χ1v) is 23.5. The topological polar surface area (TPSA) is 233 Å². The number of hydrogen-bond donors (Lipinski definition) is 0. The second kappa shape index (κ2) is 23.2. The van der Waals surface area contributed by atoms with E-state index >= 15 is 0 Å². The number of allylic oxidation sites excluding steroid dienone is 1. The summed E-state index contributed by atoms with van der Waals surface area (Å²) in [5, 5.41) is 3.61. The normalized spacial score (nSPS) is 38.9. The van der Waals surface area contributed by atoms with Crippen molar-refractivity contribution in [2.45, 2.75) is 200 Å². The molecule has 4 aliphatic heterocycles. The van der Waals surface area contributed by atoms with Crippen LogP contribution in [0, 0.1) is 17.8 Å². The number of Topliss-reactive ketones (excluding diaryl/α,β-unsaturated/α-hetero) is 1. The van der Waals surface area contributed by atoms with Crippen LogP contribution in [0.2, 0.25) is 0 Å². The number of nitrogens with zero attached hydrogens (tertiary/aromatic N) is 5. The molecule has 0 aromatic heterocycles. The van der Waals surface area contributed by atoms with Gasteiger partial charge >= 0.3 is 24.0 Å². The van der Waals surface area contributed by atoms with Crippen molar-refractivity contribution in [1.29, 1.82) is 0 Å². The third-order valence-corrected chi connectivity index (χ3v) is 14.1. The first-order valence-electron chi connectivity index (χ1n) is 23.5. The van der Waals surface area contributed by atoms with Crippen molar-refractivity contribution < 1.29 is 71.3 Å². The number of cyclic esters (lactones) is 1. The average Bonchev–Trinajstić information content (AvgIpc) is 3.52. The maximum Gasteiger partial charge on any atom is 0.415 e. The van der Waals surface area contributed by atoms with Crippen molar-refractivity contribution >= 4 is 29.8 Å². The van der Waals surface area contributed by atoms with Crippen LogP contribution in [-0.4, -0.2) is 159 Å². The highest BCUT2D eigenvalue weighted by molar-refractivity contribution is 5.98. The van der Waals surface area contributed by atoms with Crippen LogP contribution in [0.1, 0.15) is 122 Å². The van der Waals surface area contributed by atoms with Crippen LogP contribution in [0.4, 0.5) is 4.79 Å². The molecule has 0 bridgehead atoms. The number of unbranched alkanes of at least 4 members (excludes halogenated alkanes) is 1. The van der Waals surface area contributed by atoms with Crippen molar-refractivity contribution in [2.24, 2.45) is 22.9 Å². The van der Waals surface area contributed by atoms with E-state index in [1.54, 1.807) is 48.5 Å². The highest BCUT2D eigenvalue weighted by Crippen LogP contribution is 2.45. The predicted molar refractivity (Wildman–Crippen MR) is 242 cm³/mol. The lowest BCUT2D eigenvalue weighted by Gasteiger charge is -2.50. The van der Waals surface area contributed by atoms with Gasteiger partial charge in [0, 0.05) is 69.9 Å². The van der Waals surface area contributed by atoms with E-state index in [0.717, 1.165) is 0 Å². The van der Waals surface area contributed by atoms with Crippen molar-refractivity contribution in [3.8, 4) is 0 Å². The summed E-state index contributed by atoms with van der Waals surface area (Å²) < 4.78 is 63.7. The van der Waals surface area contributed by atoms with Gasteiger partial charge in [0.1, 0.15) is 11.7 Å². The molecule has 0 saturated carbocycles. The first-order chi connectivity index (χ1) is 31.3. The van der Waals surface area contributed by atoms with E-state index in [0.29, 0.717) is 19.3 Å². The van der Waals surface area contributed by atoms with Gasteiger partial charge in [0.05, 0.1) is 47.7 Å². The lowest BCUT2D eigenvalue weighted by molar-refractivity contribution is -0.320. The van der Waals surface area contributed by atoms with Crippen LogP contribution in [0.25, 0.3) is 10.4 Å². The maximum absolute atomic E-state index is 15.0. The zero-order valence-corrected chi connectivity index (χ0v) is 42.5. The molecule has 1 unspecified atom stereocenters. The Morgan fingerprint density at radius 2 is 1.52 bits per heavy atom. The van der Waals surface area contributed by atoms with E-state index in [9.17, 15) is 24.0 Å². The van der Waals surface area contributed by atoms with Gasteiger partial charge in [-0.25, -0.2) is 4.79 Å². The SMILES string of the molecule is CC[C@H]1OC(=O)[C@H](C)[C@@H](O[C@H]2C[C@@](C)(OC)[C@@H](OC(C)=O)[C@H](C)O2)[C@H](C)[C@@H](OC2O[C@H](C)C[C@H](N(C)C)[C@H]2OC(C)=O)[C@@](C)(OC)C[C@@H](C)C(=O)C(C)=C2N(CCCCN=[N+]=[N-])C(=O)O[C@@]21C. The molecular formula is C47H77N5O15. The molecule has 3 fully saturated rings. The van der Waals surface area contributed by atoms with Crippen LogP contribution in [0.5, 0.6) is 0 Å². The summed E-state index contributed by atoms with van der Waals surface area (Å²) in [6.45, 7) is 20.6. The molecule has 3 saturated heterocycles. The lowest BCUT2D eigenvalue weighted by atomic mass is 9.75. The lowest BCUT2D eigenvalue weighted by Crippen LogP contribution is -2.61. The molecule has 4 aliphatic rings. The molecule has 0 spiro atoms. The monoisotopic (exact) mass is 952 g/mol. The van der Waals surface area contributed by atoms with E-state index in [4.69, 9.17) is 52.9 Å². The Morgan fingerprint density at radius 1 is 0.896 bits per heavy atom. The van der Waals surface area contributed by atoms with Gasteiger partial charge in [-0.3, -0.25) is 24.1 Å². The molecule has 4 rings (SSSR count). The number of ketones is 1. The Bertz CT molecular complexity index is 1860. The summed E-state index contributed by atoms with van der Waals surface area (Å²) in [5.41, 5.74) is 5.30. The van der Waals surface area contributed by atoms with Gasteiger partial charge in [0.15, 0.2) is 36.2 Å². The number of carbonyl (C=O) groups is 5. The third kappa shape index (κ3) is 12.5. The summed E-state index contributed by atoms with van der Waals surface area (Å²) in [4.78, 5) is 74.9. The number of carbonyl (C=O) groups excluding carboxylic acids is 5. The summed E-state index contributed by atoms with van der Waals surface area (Å²) in [7, 11) is 6.78. The molecule has 380 valence electrons. The number of azide groups is 1. The summed E-state index contributed by atoms with van der Waals surface area (Å²) in [5.74, 6) is -4.71. The maximum atomic E-state index is 15.0. The largest absolute Gasteiger partial charge is 0.457 e. The van der Waals surface area contributed by atoms with E-state index in [2.05, 4.69) is 10.0 Å². The molecule has 0 aromatic rings. The minimum absolute atomic E-state index is 0.0583. The van der Waals surface area contributed by atoms with Gasteiger partial charge in [-0.2, -0.15) is 0 Å². The van der Waals surface area contributed by atoms with E-state index in [1.165, 1.54) is 33.0 Å². The Labute approximate surface area is 395 Å². The number of likely N-dealkylation sites (N-methyl/N-ethyl adjacent to an activating group) is 1. The molecule has 20 nitrogen and oxygen atoms in total. The molecule has 0 aliphatic carbocycles. The molecule has 16 atom stereocenters. The molecule has 0 radical (unpaired) electrons. The van der Waals surface area contributed by atoms with Crippen LogP contribution >= 0.6 is 0 Å². The minimum Gasteiger partial charge on any atom is -0.457 e. The number of esters is 3. The summed E-state index contributed by atoms with van der Waals surface area (Å²) >= 11 is 0. The van der Waals surface area contributed by atoms with Gasteiger partial charge in [-0.1, -0.05) is 25.9 Å². The van der Waals surface area contributed by atoms with Gasteiger partial charge in [-0.05, 0) is 100 Å². The van der Waals surface area contributed by atoms with Crippen LogP contribution < -0.4 is 0 Å². The van der Waals surface area contributed by atoms with Crippen molar-refractivity contribution in [3.05, 3.63) is 21.7 Å². The van der Waals surface area contributed by atoms with Gasteiger partial charge in [-0.15, -0.1) is 0 Å². The van der Waals surface area contributed by atoms with E-state index < -0.39 is 108 Å². The van der Waals surface area contributed by atoms with Crippen molar-refractivity contribution in [3.63, 3.8) is 0 Å². The van der Waals surface area contributed by atoms with Gasteiger partial charge in [0.25, 0.3) is 0 Å². The Morgan fingerprint density at radius 3 is 2.09 bits per heavy atom. The van der Waals surface area contributed by atoms with Crippen LogP contribution in [-0.2, 0) is 66.5 Å². The Kier molecular flexibility index (Phi) is 19.3. The van der Waals surface area contributed by atoms with Crippen LogP contribution in [0.3, 0.4) is 0 Å². The number of hydrogen-bond acceptors (Lipinski definition) is 17. The minimum atomic E-state index is -1.59. The second-order valence-corrected chi connectivity index (χ2v) is 19.6. The number of ether oxygens (including phenoxy) is 10. The smallest absolute Gasteiger partial charge is 0.415 e. The first kappa shape index (κ1) is 55.7. The molecule has 0 aromatic carbocycles. The molecule has 4 heterocycles. The number of rotatable bonds is 15. The predicted octanol–water partition coefficient (Wildman–Crippen LogP) is 6.41. The molecule has 67 heavy (non-hydrogen) atoms. The van der Waals surface area contributed by atoms with Gasteiger partial charge in [0.2, 0.25) is 0 Å². The molecule has 1 amide bonds. The van der Waals surface area contributed by atoms with E-state index in [-0.39, 0.29) is 61.6 Å². The number of amides is 1. The molecule has 0 N–H and O–H groups in total. The van der Waals surface area contributed by atoms with Crippen molar-refractivity contribution in [1.82, 2.24) is 9.80 Å². The quantitative estimate of drug-likeness (QED) is 0.0431. The Hall–Kier alpha value is -3.88. The number of fused-ring (bicyclic) bond motifs is 1. The third-order valence-electron chi connectivity index (χ3n) is 14.1. The average molecular weight is 952 g/mol. The fourth-order valence-corrected chi connectivity index (χ4v) is 10.6. The molecular weight excluding hydrogens is 875 g/mol. The Balaban J connectivity index is 1.96. The van der Waals surface area contributed by atoms with E-state index in [1.807, 2.05) is 39.8 Å². The van der Waals surface area contributed by atoms with Gasteiger partial charge < -0.3 is 52.3 Å². The zero-order valence-electron chi connectivity index (χ0n) is 42.5. The zero-order chi connectivity index (χ0) is 50.3. The fourth-order valence-electron chi connectivity index (χ4n) is 10.6. The summed E-state index contributed by atoms with van der Waals surface area (Å²) in [6, 6.07) is -0.316. The fraction of sp³-hybridized carbons (Fsp3) is 0.851. The standard InChI is InChI=1S/C47H77N5O15/c1-17-34-47(12)39(52(44(57)67-47)21-19-18-20-49-50-48)27(4)36(55)25(2)23-45(10,58-15)40(66-43-38(62-31(8)53)33(51(13)14)22-26(3)60-43)28(5)37(29(6)42(56)64-34)65-35-24-46(11,59-16)41(30(7)61-35)63-32(9)54/h25-26,28-30,33-35,37-38,40-41,43H,17-24H2,1-16H3/t25-,26-,28+,29-,30+,33+,34-,35+,37+,38-,40-,41+,43?,45+,46-,47-/m1/s1. The summed E-state index contributed by atoms with van der Waals surface area (Å²) in [6.07, 6.45) is -7.11. The van der Waals surface area contributed by atoms with Crippen LogP contribution in [0.15, 0.2) is 16.4 Å². The highest BCUT2D eigenvalue weighted by Gasteiger charge is 2.57. The number of methoxy groups -OCH3 is 2. The molecule has 20 heteroatoms. The highest BCUT2D eigenvalue weighted by atomic mass is 16.7. The second-order valence-electron chi connectivity index (χ2n) is 19.6. The van der Waals surface area contributed by atoms with Crippen molar-refractivity contribution in [2.75, 3.05) is 41.4 Å².